The van der Waals surface area contributed by atoms with Gasteiger partial charge in [0.15, 0.2) is 0 Å². The van der Waals surface area contributed by atoms with Crippen LogP contribution in [0.3, 0.4) is 0 Å². The molecule has 2 amide bonds. The molecule has 3 aromatic rings. The molecule has 1 saturated carbocycles. The first kappa shape index (κ1) is 33.1. The molecule has 12 heteroatoms. The highest BCUT2D eigenvalue weighted by molar-refractivity contribution is 6.76. The summed E-state index contributed by atoms with van der Waals surface area (Å²) >= 11 is 0. The van der Waals surface area contributed by atoms with Crippen LogP contribution in [0.5, 0.6) is 0 Å². The Labute approximate surface area is 266 Å². The molecule has 0 radical (unpaired) electrons. The molecule has 0 spiro atoms. The fraction of sp³-hybridized carbons (Fsp3) is 0.636. The summed E-state index contributed by atoms with van der Waals surface area (Å²) in [6.45, 7) is 10.6. The Morgan fingerprint density at radius 1 is 1.04 bits per heavy atom. The van der Waals surface area contributed by atoms with Crippen LogP contribution in [-0.2, 0) is 21.0 Å². The molecule has 2 N–H and O–H groups in total. The van der Waals surface area contributed by atoms with Gasteiger partial charge >= 0.3 is 5.69 Å². The Morgan fingerprint density at radius 2 is 1.76 bits per heavy atom. The van der Waals surface area contributed by atoms with Crippen LogP contribution in [0, 0.1) is 12.8 Å². The largest absolute Gasteiger partial charge is 0.381 e. The SMILES string of the molecule is Cc1nocc1C(=O)NC(C(=O)Nc1ccc2c(c1)n(COCC[Si](C)(C)C)c(=O)n2C1CCOCC1)C1CCCCCCC1. The second-order valence-corrected chi connectivity index (χ2v) is 19.5. The number of nitrogens with one attached hydrogen (secondary N) is 2. The van der Waals surface area contributed by atoms with E-state index in [0.29, 0.717) is 42.3 Å². The Hall–Kier alpha value is -3.22. The highest BCUT2D eigenvalue weighted by Gasteiger charge is 2.32. The van der Waals surface area contributed by atoms with Gasteiger partial charge in [-0.1, -0.05) is 56.9 Å². The van der Waals surface area contributed by atoms with Gasteiger partial charge in [0, 0.05) is 39.6 Å². The third kappa shape index (κ3) is 8.33. The summed E-state index contributed by atoms with van der Waals surface area (Å²) in [4.78, 5) is 41.0. The number of carbonyl (C=O) groups is 2. The molecule has 0 bridgehead atoms. The van der Waals surface area contributed by atoms with Crippen molar-refractivity contribution in [3.05, 3.63) is 46.2 Å². The first-order valence-corrected chi connectivity index (χ1v) is 20.3. The first-order valence-electron chi connectivity index (χ1n) is 16.6. The molecule has 11 nitrogen and oxygen atoms in total. The van der Waals surface area contributed by atoms with Gasteiger partial charge in [0.25, 0.3) is 5.91 Å². The van der Waals surface area contributed by atoms with Crippen LogP contribution >= 0.6 is 0 Å². The zero-order valence-corrected chi connectivity index (χ0v) is 28.2. The lowest BCUT2D eigenvalue weighted by Crippen LogP contribution is -2.48. The summed E-state index contributed by atoms with van der Waals surface area (Å²) in [5, 5.41) is 9.93. The molecule has 1 atom stereocenters. The van der Waals surface area contributed by atoms with Gasteiger partial charge < -0.3 is 24.6 Å². The average Bonchev–Trinajstić information content (AvgIpc) is 3.54. The summed E-state index contributed by atoms with van der Waals surface area (Å²) < 4.78 is 20.1. The van der Waals surface area contributed by atoms with Crippen LogP contribution in [0.15, 0.2) is 33.8 Å². The molecular weight excluding hydrogens is 590 g/mol. The van der Waals surface area contributed by atoms with Crippen molar-refractivity contribution in [2.45, 2.75) is 109 Å². The van der Waals surface area contributed by atoms with Crippen molar-refractivity contribution in [3.63, 3.8) is 0 Å². The first-order chi connectivity index (χ1) is 21.6. The second-order valence-electron chi connectivity index (χ2n) is 13.8. The molecule has 2 aromatic heterocycles. The number of amides is 2. The summed E-state index contributed by atoms with van der Waals surface area (Å²) in [7, 11) is -1.29. The van der Waals surface area contributed by atoms with E-state index in [2.05, 4.69) is 35.4 Å². The summed E-state index contributed by atoms with van der Waals surface area (Å²) in [5.41, 5.74) is 2.79. The molecule has 5 rings (SSSR count). The maximum atomic E-state index is 14.0. The van der Waals surface area contributed by atoms with Crippen molar-refractivity contribution in [2.24, 2.45) is 5.92 Å². The molecule has 1 aliphatic heterocycles. The van der Waals surface area contributed by atoms with Gasteiger partial charge in [-0.25, -0.2) is 4.79 Å². The van der Waals surface area contributed by atoms with Gasteiger partial charge in [-0.2, -0.15) is 0 Å². The van der Waals surface area contributed by atoms with Crippen molar-refractivity contribution in [2.75, 3.05) is 25.1 Å². The van der Waals surface area contributed by atoms with Crippen molar-refractivity contribution >= 4 is 36.6 Å². The van der Waals surface area contributed by atoms with Gasteiger partial charge in [0.05, 0.1) is 16.7 Å². The number of nitrogens with zero attached hydrogens (tertiary/aromatic N) is 3. The lowest BCUT2D eigenvalue weighted by molar-refractivity contribution is -0.119. The summed E-state index contributed by atoms with van der Waals surface area (Å²) in [6.07, 6.45) is 10.1. The van der Waals surface area contributed by atoms with E-state index in [1.165, 1.54) is 12.7 Å². The van der Waals surface area contributed by atoms with Crippen LogP contribution < -0.4 is 16.3 Å². The highest BCUT2D eigenvalue weighted by atomic mass is 28.3. The van der Waals surface area contributed by atoms with Gasteiger partial charge in [0.1, 0.15) is 24.6 Å². The van der Waals surface area contributed by atoms with Crippen LogP contribution in [0.25, 0.3) is 11.0 Å². The number of hydrogen-bond donors (Lipinski definition) is 2. The van der Waals surface area contributed by atoms with Gasteiger partial charge in [-0.05, 0) is 62.8 Å². The molecule has 246 valence electrons. The van der Waals surface area contributed by atoms with Crippen molar-refractivity contribution < 1.29 is 23.6 Å². The number of hydrogen-bond acceptors (Lipinski definition) is 7. The maximum Gasteiger partial charge on any atom is 0.331 e. The van der Waals surface area contributed by atoms with Crippen LogP contribution in [-0.4, -0.2) is 60.0 Å². The number of rotatable bonds is 11. The zero-order chi connectivity index (χ0) is 32.0. The van der Waals surface area contributed by atoms with Crippen LogP contribution in [0.1, 0.15) is 79.9 Å². The number of carbonyl (C=O) groups excluding carboxylic acids is 2. The molecule has 1 aromatic carbocycles. The number of aryl methyl sites for hydroxylation is 1. The third-order valence-corrected chi connectivity index (χ3v) is 10.9. The lowest BCUT2D eigenvalue weighted by atomic mass is 9.85. The van der Waals surface area contributed by atoms with Gasteiger partial charge in [0.2, 0.25) is 5.91 Å². The number of fused-ring (bicyclic) bond motifs is 1. The lowest BCUT2D eigenvalue weighted by Gasteiger charge is -2.28. The van der Waals surface area contributed by atoms with Crippen LogP contribution in [0.2, 0.25) is 25.7 Å². The summed E-state index contributed by atoms with van der Waals surface area (Å²) in [6, 6.07) is 5.92. The van der Waals surface area contributed by atoms with E-state index in [1.807, 2.05) is 22.8 Å². The van der Waals surface area contributed by atoms with Crippen LogP contribution in [0.4, 0.5) is 5.69 Å². The standard InChI is InChI=1S/C33H49N5O6Si/c1-23-27(21-44-36-23)31(39)35-30(24-10-8-6-5-7-9-11-24)32(40)34-25-12-13-28-29(20-25)37(22-43-18-19-45(2,3)4)33(41)38(28)26-14-16-42-17-15-26/h12-13,20-21,24,26,30H,5-11,14-19,22H2,1-4H3,(H,34,40)(H,35,39). The number of aromatic nitrogens is 3. The molecular formula is C33H49N5O6Si. The third-order valence-electron chi connectivity index (χ3n) is 9.19. The van der Waals surface area contributed by atoms with E-state index in [-0.39, 0.29) is 36.2 Å². The minimum atomic E-state index is -1.29. The monoisotopic (exact) mass is 639 g/mol. The smallest absolute Gasteiger partial charge is 0.331 e. The fourth-order valence-electron chi connectivity index (χ4n) is 6.48. The van der Waals surface area contributed by atoms with E-state index >= 15 is 0 Å². The Kier molecular flexibility index (Phi) is 11.0. The van der Waals surface area contributed by atoms with E-state index in [9.17, 15) is 14.4 Å². The number of benzene rings is 1. The highest BCUT2D eigenvalue weighted by Crippen LogP contribution is 2.29. The molecule has 2 fully saturated rings. The van der Waals surface area contributed by atoms with Gasteiger partial charge in [-0.15, -0.1) is 0 Å². The molecule has 2 aliphatic rings. The Bertz CT molecular complexity index is 1510. The number of ether oxygens (including phenoxy) is 2. The maximum absolute atomic E-state index is 14.0. The Balaban J connectivity index is 1.42. The second kappa shape index (κ2) is 14.9. The van der Waals surface area contributed by atoms with E-state index < -0.39 is 14.1 Å². The van der Waals surface area contributed by atoms with E-state index in [1.54, 1.807) is 11.5 Å². The Morgan fingerprint density at radius 3 is 2.42 bits per heavy atom. The number of imidazole rings is 1. The van der Waals surface area contributed by atoms with Crippen molar-refractivity contribution in [1.29, 1.82) is 0 Å². The van der Waals surface area contributed by atoms with E-state index in [4.69, 9.17) is 14.0 Å². The molecule has 45 heavy (non-hydrogen) atoms. The normalized spacial score (nSPS) is 18.0. The number of anilines is 1. The minimum Gasteiger partial charge on any atom is -0.381 e. The molecule has 1 saturated heterocycles. The van der Waals surface area contributed by atoms with Gasteiger partial charge in [-0.3, -0.25) is 18.7 Å². The quantitative estimate of drug-likeness (QED) is 0.199. The topological polar surface area (TPSA) is 130 Å². The predicted octanol–water partition coefficient (Wildman–Crippen LogP) is 5.86. The van der Waals surface area contributed by atoms with E-state index in [0.717, 1.165) is 62.9 Å². The molecule has 3 heterocycles. The fourth-order valence-corrected chi connectivity index (χ4v) is 7.24. The zero-order valence-electron chi connectivity index (χ0n) is 27.2. The average molecular weight is 640 g/mol. The molecule has 1 unspecified atom stereocenters. The van der Waals surface area contributed by atoms with Crippen molar-refractivity contribution in [3.8, 4) is 0 Å². The summed E-state index contributed by atoms with van der Waals surface area (Å²) in [5.74, 6) is -0.638. The van der Waals surface area contributed by atoms with Crippen molar-refractivity contribution in [1.82, 2.24) is 19.6 Å². The molecule has 1 aliphatic carbocycles. The minimum absolute atomic E-state index is 0.00528. The predicted molar refractivity (Wildman–Crippen MR) is 176 cm³/mol.